The zero-order valence-corrected chi connectivity index (χ0v) is 12.0. The summed E-state index contributed by atoms with van der Waals surface area (Å²) in [5, 5.41) is 3.43. The van der Waals surface area contributed by atoms with Crippen molar-refractivity contribution >= 4 is 11.3 Å². The molecule has 0 fully saturated rings. The monoisotopic (exact) mass is 259 g/mol. The van der Waals surface area contributed by atoms with Crippen molar-refractivity contribution in [3.05, 3.63) is 57.8 Å². The molecule has 2 heteroatoms. The smallest absolute Gasteiger partial charge is 0.0412 e. The van der Waals surface area contributed by atoms with Crippen LogP contribution >= 0.6 is 11.3 Å². The second-order valence-corrected chi connectivity index (χ2v) is 5.99. The maximum absolute atomic E-state index is 3.43. The van der Waals surface area contributed by atoms with Gasteiger partial charge in [-0.05, 0) is 50.9 Å². The summed E-state index contributed by atoms with van der Waals surface area (Å²) in [7, 11) is 2.06. The molecule has 0 saturated heterocycles. The Kier molecular flexibility index (Phi) is 4.97. The van der Waals surface area contributed by atoms with Crippen molar-refractivity contribution < 1.29 is 0 Å². The molecule has 0 bridgehead atoms. The van der Waals surface area contributed by atoms with Crippen molar-refractivity contribution in [1.82, 2.24) is 5.32 Å². The Labute approximate surface area is 114 Å². The predicted octanol–water partition coefficient (Wildman–Crippen LogP) is 4.34. The molecule has 1 heterocycles. The lowest BCUT2D eigenvalue weighted by molar-refractivity contribution is 0.535. The first-order chi connectivity index (χ1) is 8.79. The Morgan fingerprint density at radius 3 is 2.50 bits per heavy atom. The molecule has 2 rings (SSSR count). The van der Waals surface area contributed by atoms with Crippen LogP contribution in [0.25, 0.3) is 0 Å². The van der Waals surface area contributed by atoms with Gasteiger partial charge in [-0.15, -0.1) is 11.3 Å². The molecule has 1 unspecified atom stereocenters. The minimum atomic E-state index is 0.507. The summed E-state index contributed by atoms with van der Waals surface area (Å²) < 4.78 is 0. The third kappa shape index (κ3) is 3.69. The fraction of sp³-hybridized carbons (Fsp3) is 0.375. The van der Waals surface area contributed by atoms with Gasteiger partial charge in [0.25, 0.3) is 0 Å². The van der Waals surface area contributed by atoms with Gasteiger partial charge in [0.2, 0.25) is 0 Å². The molecule has 0 spiro atoms. The maximum atomic E-state index is 3.43. The van der Waals surface area contributed by atoms with Crippen LogP contribution in [0.5, 0.6) is 0 Å². The van der Waals surface area contributed by atoms with Crippen molar-refractivity contribution in [3.63, 3.8) is 0 Å². The average Bonchev–Trinajstić information content (AvgIpc) is 2.82. The number of rotatable bonds is 6. The normalized spacial score (nSPS) is 12.6. The number of hydrogen-bond donors (Lipinski definition) is 1. The SMILES string of the molecule is CNC(CCCc1ccccc1)c1ccc(C)s1. The number of aryl methyl sites for hydroxylation is 2. The molecular formula is C16H21NS. The maximum Gasteiger partial charge on any atom is 0.0412 e. The number of benzene rings is 1. The quantitative estimate of drug-likeness (QED) is 0.813. The second-order valence-electron chi connectivity index (χ2n) is 4.67. The van der Waals surface area contributed by atoms with Crippen molar-refractivity contribution in [2.24, 2.45) is 0 Å². The van der Waals surface area contributed by atoms with Crippen LogP contribution in [0.1, 0.15) is 34.2 Å². The molecule has 1 N–H and O–H groups in total. The summed E-state index contributed by atoms with van der Waals surface area (Å²) in [5.74, 6) is 0. The van der Waals surface area contributed by atoms with Crippen LogP contribution in [-0.4, -0.2) is 7.05 Å². The minimum absolute atomic E-state index is 0.507. The molecule has 0 radical (unpaired) electrons. The summed E-state index contributed by atoms with van der Waals surface area (Å²) in [6.07, 6.45) is 3.60. The largest absolute Gasteiger partial charge is 0.312 e. The molecule has 0 aliphatic rings. The lowest BCUT2D eigenvalue weighted by Gasteiger charge is -2.14. The molecule has 0 saturated carbocycles. The Balaban J connectivity index is 1.85. The van der Waals surface area contributed by atoms with Gasteiger partial charge in [-0.3, -0.25) is 0 Å². The van der Waals surface area contributed by atoms with Gasteiger partial charge >= 0.3 is 0 Å². The first-order valence-electron chi connectivity index (χ1n) is 6.57. The zero-order valence-electron chi connectivity index (χ0n) is 11.1. The van der Waals surface area contributed by atoms with E-state index in [1.54, 1.807) is 0 Å². The van der Waals surface area contributed by atoms with E-state index in [1.807, 2.05) is 11.3 Å². The number of thiophene rings is 1. The molecule has 1 aromatic heterocycles. The fourth-order valence-electron chi connectivity index (χ4n) is 2.22. The predicted molar refractivity (Wildman–Crippen MR) is 80.2 cm³/mol. The van der Waals surface area contributed by atoms with Crippen LogP contribution in [0.4, 0.5) is 0 Å². The van der Waals surface area contributed by atoms with Crippen LogP contribution in [0.3, 0.4) is 0 Å². The molecule has 1 atom stereocenters. The van der Waals surface area contributed by atoms with Crippen LogP contribution in [0, 0.1) is 6.92 Å². The van der Waals surface area contributed by atoms with Crippen LogP contribution in [0.2, 0.25) is 0 Å². The Morgan fingerprint density at radius 2 is 1.89 bits per heavy atom. The van der Waals surface area contributed by atoms with Crippen molar-refractivity contribution in [1.29, 1.82) is 0 Å². The van der Waals surface area contributed by atoms with E-state index in [0.29, 0.717) is 6.04 Å². The van der Waals surface area contributed by atoms with E-state index in [-0.39, 0.29) is 0 Å². The van der Waals surface area contributed by atoms with E-state index in [9.17, 15) is 0 Å². The van der Waals surface area contributed by atoms with E-state index < -0.39 is 0 Å². The lowest BCUT2D eigenvalue weighted by Crippen LogP contribution is -2.15. The summed E-state index contributed by atoms with van der Waals surface area (Å²) in [4.78, 5) is 2.86. The molecule has 1 nitrogen and oxygen atoms in total. The number of nitrogens with one attached hydrogen (secondary N) is 1. The molecule has 2 aromatic rings. The third-order valence-electron chi connectivity index (χ3n) is 3.25. The van der Waals surface area contributed by atoms with Gasteiger partial charge in [0.15, 0.2) is 0 Å². The Hall–Kier alpha value is -1.12. The Morgan fingerprint density at radius 1 is 1.11 bits per heavy atom. The molecule has 1 aromatic carbocycles. The van der Waals surface area contributed by atoms with Crippen LogP contribution in [0.15, 0.2) is 42.5 Å². The molecular weight excluding hydrogens is 238 g/mol. The van der Waals surface area contributed by atoms with Gasteiger partial charge in [-0.25, -0.2) is 0 Å². The Bertz CT molecular complexity index is 461. The van der Waals surface area contributed by atoms with E-state index in [4.69, 9.17) is 0 Å². The van der Waals surface area contributed by atoms with E-state index in [2.05, 4.69) is 61.8 Å². The van der Waals surface area contributed by atoms with Gasteiger partial charge in [0.1, 0.15) is 0 Å². The van der Waals surface area contributed by atoms with Gasteiger partial charge in [-0.2, -0.15) is 0 Å². The van der Waals surface area contributed by atoms with Gasteiger partial charge in [-0.1, -0.05) is 30.3 Å². The molecule has 0 amide bonds. The molecule has 18 heavy (non-hydrogen) atoms. The summed E-state index contributed by atoms with van der Waals surface area (Å²) >= 11 is 1.90. The molecule has 96 valence electrons. The van der Waals surface area contributed by atoms with Crippen LogP contribution < -0.4 is 5.32 Å². The highest BCUT2D eigenvalue weighted by molar-refractivity contribution is 7.12. The van der Waals surface area contributed by atoms with Crippen LogP contribution in [-0.2, 0) is 6.42 Å². The second kappa shape index (κ2) is 6.72. The zero-order chi connectivity index (χ0) is 12.8. The molecule has 0 aliphatic heterocycles. The first-order valence-corrected chi connectivity index (χ1v) is 7.39. The van der Waals surface area contributed by atoms with Gasteiger partial charge < -0.3 is 5.32 Å². The summed E-state index contributed by atoms with van der Waals surface area (Å²) in [6.45, 7) is 2.17. The topological polar surface area (TPSA) is 12.0 Å². The standard InChI is InChI=1S/C16H21NS/c1-13-11-12-16(18-13)15(17-2)10-6-9-14-7-4-3-5-8-14/h3-5,7-8,11-12,15,17H,6,9-10H2,1-2H3. The fourth-order valence-corrected chi connectivity index (χ4v) is 3.25. The van der Waals surface area contributed by atoms with Gasteiger partial charge in [0, 0.05) is 15.8 Å². The van der Waals surface area contributed by atoms with Gasteiger partial charge in [0.05, 0.1) is 0 Å². The summed E-state index contributed by atoms with van der Waals surface area (Å²) in [5.41, 5.74) is 1.44. The first kappa shape index (κ1) is 13.3. The third-order valence-corrected chi connectivity index (χ3v) is 4.37. The van der Waals surface area contributed by atoms with Crippen molar-refractivity contribution in [2.45, 2.75) is 32.2 Å². The lowest BCUT2D eigenvalue weighted by atomic mass is 10.0. The number of hydrogen-bond acceptors (Lipinski definition) is 2. The molecule has 0 aliphatic carbocycles. The average molecular weight is 259 g/mol. The highest BCUT2D eigenvalue weighted by atomic mass is 32.1. The van der Waals surface area contributed by atoms with E-state index >= 15 is 0 Å². The highest BCUT2D eigenvalue weighted by Gasteiger charge is 2.10. The van der Waals surface area contributed by atoms with Crippen molar-refractivity contribution in [2.75, 3.05) is 7.05 Å². The highest BCUT2D eigenvalue weighted by Crippen LogP contribution is 2.26. The van der Waals surface area contributed by atoms with E-state index in [1.165, 1.54) is 34.6 Å². The minimum Gasteiger partial charge on any atom is -0.312 e. The van der Waals surface area contributed by atoms with Crippen molar-refractivity contribution in [3.8, 4) is 0 Å². The summed E-state index contributed by atoms with van der Waals surface area (Å²) in [6, 6.07) is 15.7. The van der Waals surface area contributed by atoms with E-state index in [0.717, 1.165) is 0 Å².